The van der Waals surface area contributed by atoms with Gasteiger partial charge in [0.15, 0.2) is 5.78 Å². The minimum absolute atomic E-state index is 0.0404. The van der Waals surface area contributed by atoms with E-state index in [-0.39, 0.29) is 17.6 Å². The molecule has 0 aromatic heterocycles. The van der Waals surface area contributed by atoms with Crippen molar-refractivity contribution in [3.63, 3.8) is 0 Å². The molecule has 22 heavy (non-hydrogen) atoms. The Morgan fingerprint density at radius 2 is 1.86 bits per heavy atom. The minimum atomic E-state index is -0.728. The van der Waals surface area contributed by atoms with Crippen molar-refractivity contribution in [3.05, 3.63) is 59.3 Å². The van der Waals surface area contributed by atoms with E-state index in [4.69, 9.17) is 0 Å². The number of hydrogen-bond acceptors (Lipinski definition) is 2. The van der Waals surface area contributed by atoms with Crippen LogP contribution in [-0.2, 0) is 4.79 Å². The molecule has 3 rings (SSSR count). The summed E-state index contributed by atoms with van der Waals surface area (Å²) in [6, 6.07) is 9.32. The van der Waals surface area contributed by atoms with E-state index in [1.165, 1.54) is 11.1 Å². The SMILES string of the molecule is CC1=C(C)C[C@@]2(C(=O)c3ccccc3)C=CN(C)C(=O)[C@@H]2C1. The van der Waals surface area contributed by atoms with Crippen LogP contribution >= 0.6 is 0 Å². The molecule has 114 valence electrons. The maximum Gasteiger partial charge on any atom is 0.231 e. The lowest BCUT2D eigenvalue weighted by molar-refractivity contribution is -0.135. The molecule has 0 N–H and O–H groups in total. The molecule has 1 aliphatic carbocycles. The van der Waals surface area contributed by atoms with Gasteiger partial charge in [-0.2, -0.15) is 0 Å². The average Bonchev–Trinajstić information content (AvgIpc) is 2.53. The van der Waals surface area contributed by atoms with E-state index in [2.05, 4.69) is 13.8 Å². The molecule has 0 bridgehead atoms. The summed E-state index contributed by atoms with van der Waals surface area (Å²) >= 11 is 0. The first-order valence-electron chi connectivity index (χ1n) is 7.67. The number of benzene rings is 1. The molecule has 1 aromatic carbocycles. The van der Waals surface area contributed by atoms with Crippen molar-refractivity contribution in [1.29, 1.82) is 0 Å². The standard InChI is InChI=1S/C19H21NO2/c1-13-11-16-18(22)20(3)10-9-19(16,12-14(13)2)17(21)15-7-5-4-6-8-15/h4-10,16H,11-12H2,1-3H3/t16-,19-/m0/s1. The number of ketones is 1. The summed E-state index contributed by atoms with van der Waals surface area (Å²) < 4.78 is 0. The van der Waals surface area contributed by atoms with E-state index in [0.29, 0.717) is 18.4 Å². The lowest BCUT2D eigenvalue weighted by Crippen LogP contribution is -2.50. The van der Waals surface area contributed by atoms with Crippen LogP contribution in [0.15, 0.2) is 53.8 Å². The van der Waals surface area contributed by atoms with Crippen LogP contribution in [0.25, 0.3) is 0 Å². The Labute approximate surface area is 131 Å². The summed E-state index contributed by atoms with van der Waals surface area (Å²) in [5.74, 6) is -0.194. The van der Waals surface area contributed by atoms with E-state index in [1.54, 1.807) is 18.1 Å². The molecule has 3 heteroatoms. The lowest BCUT2D eigenvalue weighted by atomic mass is 9.60. The number of allylic oxidation sites excluding steroid dienone is 3. The van der Waals surface area contributed by atoms with E-state index >= 15 is 0 Å². The van der Waals surface area contributed by atoms with Crippen LogP contribution in [0.4, 0.5) is 0 Å². The molecule has 1 amide bonds. The number of fused-ring (bicyclic) bond motifs is 1. The molecular formula is C19H21NO2. The van der Waals surface area contributed by atoms with Gasteiger partial charge in [-0.15, -0.1) is 0 Å². The molecule has 1 heterocycles. The second-order valence-electron chi connectivity index (χ2n) is 6.49. The van der Waals surface area contributed by atoms with Crippen molar-refractivity contribution in [3.8, 4) is 0 Å². The zero-order valence-corrected chi connectivity index (χ0v) is 13.3. The monoisotopic (exact) mass is 295 g/mol. The number of carbonyl (C=O) groups is 2. The highest BCUT2D eigenvalue weighted by atomic mass is 16.2. The molecule has 0 radical (unpaired) electrons. The Balaban J connectivity index is 2.13. The fraction of sp³-hybridized carbons (Fsp3) is 0.368. The number of carbonyl (C=O) groups excluding carboxylic acids is 2. The summed E-state index contributed by atoms with van der Waals surface area (Å²) in [7, 11) is 1.76. The first kappa shape index (κ1) is 14.8. The summed E-state index contributed by atoms with van der Waals surface area (Å²) in [6.45, 7) is 4.14. The Morgan fingerprint density at radius 1 is 1.18 bits per heavy atom. The van der Waals surface area contributed by atoms with Gasteiger partial charge in [0.05, 0.1) is 11.3 Å². The Morgan fingerprint density at radius 3 is 2.55 bits per heavy atom. The van der Waals surface area contributed by atoms with Gasteiger partial charge >= 0.3 is 0 Å². The maximum atomic E-state index is 13.2. The highest BCUT2D eigenvalue weighted by Gasteiger charge is 2.51. The van der Waals surface area contributed by atoms with Crippen molar-refractivity contribution in [2.75, 3.05) is 7.05 Å². The third-order valence-electron chi connectivity index (χ3n) is 5.12. The molecule has 0 unspecified atom stereocenters. The predicted molar refractivity (Wildman–Crippen MR) is 86.2 cm³/mol. The van der Waals surface area contributed by atoms with E-state index in [9.17, 15) is 9.59 Å². The Bertz CT molecular complexity index is 687. The first-order chi connectivity index (χ1) is 10.5. The molecule has 2 atom stereocenters. The van der Waals surface area contributed by atoms with Crippen LogP contribution < -0.4 is 0 Å². The van der Waals surface area contributed by atoms with Gasteiger partial charge in [-0.3, -0.25) is 9.59 Å². The minimum Gasteiger partial charge on any atom is -0.322 e. The summed E-state index contributed by atoms with van der Waals surface area (Å²) in [5.41, 5.74) is 2.41. The van der Waals surface area contributed by atoms with Gasteiger partial charge in [0.2, 0.25) is 5.91 Å². The summed E-state index contributed by atoms with van der Waals surface area (Å²) in [5, 5.41) is 0. The second-order valence-corrected chi connectivity index (χ2v) is 6.49. The molecule has 0 saturated carbocycles. The number of amides is 1. The normalized spacial score (nSPS) is 27.9. The predicted octanol–water partition coefficient (Wildman–Crippen LogP) is 3.59. The zero-order valence-electron chi connectivity index (χ0n) is 13.3. The van der Waals surface area contributed by atoms with Crippen LogP contribution in [0.3, 0.4) is 0 Å². The van der Waals surface area contributed by atoms with Gasteiger partial charge in [-0.1, -0.05) is 47.6 Å². The summed E-state index contributed by atoms with van der Waals surface area (Å²) in [4.78, 5) is 27.5. The van der Waals surface area contributed by atoms with Gasteiger partial charge < -0.3 is 4.90 Å². The van der Waals surface area contributed by atoms with Crippen LogP contribution in [0.2, 0.25) is 0 Å². The maximum absolute atomic E-state index is 13.2. The smallest absolute Gasteiger partial charge is 0.231 e. The molecule has 3 nitrogen and oxygen atoms in total. The summed E-state index contributed by atoms with van der Waals surface area (Å²) in [6.07, 6.45) is 5.00. The number of rotatable bonds is 2. The zero-order chi connectivity index (χ0) is 15.9. The van der Waals surface area contributed by atoms with Crippen molar-refractivity contribution >= 4 is 11.7 Å². The van der Waals surface area contributed by atoms with Gasteiger partial charge in [-0.05, 0) is 26.7 Å². The van der Waals surface area contributed by atoms with Crippen molar-refractivity contribution < 1.29 is 9.59 Å². The Hall–Kier alpha value is -2.16. The molecule has 2 aliphatic rings. The number of Topliss-reactive ketones (excluding diaryl/α,β-unsaturated/α-hetero) is 1. The van der Waals surface area contributed by atoms with E-state index in [0.717, 1.165) is 0 Å². The molecule has 0 saturated heterocycles. The van der Waals surface area contributed by atoms with E-state index < -0.39 is 5.41 Å². The van der Waals surface area contributed by atoms with Gasteiger partial charge in [0.25, 0.3) is 0 Å². The topological polar surface area (TPSA) is 37.4 Å². The van der Waals surface area contributed by atoms with Gasteiger partial charge in [0, 0.05) is 18.8 Å². The highest BCUT2D eigenvalue weighted by Crippen LogP contribution is 2.49. The van der Waals surface area contributed by atoms with Crippen LogP contribution in [0, 0.1) is 11.3 Å². The molecule has 1 aliphatic heterocycles. The molecular weight excluding hydrogens is 274 g/mol. The number of hydrogen-bond donors (Lipinski definition) is 0. The molecule has 1 aromatic rings. The molecule has 0 spiro atoms. The number of nitrogens with zero attached hydrogens (tertiary/aromatic N) is 1. The van der Waals surface area contributed by atoms with Crippen molar-refractivity contribution in [2.45, 2.75) is 26.7 Å². The third-order valence-corrected chi connectivity index (χ3v) is 5.12. The van der Waals surface area contributed by atoms with Crippen LogP contribution in [0.1, 0.15) is 37.0 Å². The largest absolute Gasteiger partial charge is 0.322 e. The first-order valence-corrected chi connectivity index (χ1v) is 7.67. The highest BCUT2D eigenvalue weighted by molar-refractivity contribution is 6.05. The quantitative estimate of drug-likeness (QED) is 0.617. The van der Waals surface area contributed by atoms with Gasteiger partial charge in [0.1, 0.15) is 0 Å². The fourth-order valence-electron chi connectivity index (χ4n) is 3.59. The van der Waals surface area contributed by atoms with E-state index in [1.807, 2.05) is 36.4 Å². The third kappa shape index (κ3) is 2.12. The lowest BCUT2D eigenvalue weighted by Gasteiger charge is -2.44. The van der Waals surface area contributed by atoms with Crippen LogP contribution in [0.5, 0.6) is 0 Å². The van der Waals surface area contributed by atoms with Gasteiger partial charge in [-0.25, -0.2) is 0 Å². The average molecular weight is 295 g/mol. The molecule has 0 fully saturated rings. The van der Waals surface area contributed by atoms with Crippen LogP contribution in [-0.4, -0.2) is 23.6 Å². The fourth-order valence-corrected chi connectivity index (χ4v) is 3.59. The Kier molecular flexibility index (Phi) is 3.51. The second kappa shape index (κ2) is 5.24. The van der Waals surface area contributed by atoms with Crippen molar-refractivity contribution in [2.24, 2.45) is 11.3 Å². The van der Waals surface area contributed by atoms with Crippen molar-refractivity contribution in [1.82, 2.24) is 4.90 Å².